The molecule has 0 atom stereocenters. The molecule has 6 rings (SSSR count). The van der Waals surface area contributed by atoms with Gasteiger partial charge < -0.3 is 4.98 Å². The highest BCUT2D eigenvalue weighted by molar-refractivity contribution is 7.17. The summed E-state index contributed by atoms with van der Waals surface area (Å²) in [5.74, 6) is 0.0668. The van der Waals surface area contributed by atoms with E-state index in [1.807, 2.05) is 36.5 Å². The lowest BCUT2D eigenvalue weighted by Gasteiger charge is -2.00. The zero-order valence-electron chi connectivity index (χ0n) is 17.0. The standard InChI is InChI=1S/C24H16N6OS/c1-13(31)22-4-5-23(32-22)17-10-26-11-20-15(17)7-19(28-20)24-16-8-18(14-3-2-6-25-9-14)27-12-21(16)29-30-24/h2-12,28H,1H3,(H,29,30). The van der Waals surface area contributed by atoms with Gasteiger partial charge in [-0.15, -0.1) is 11.3 Å². The maximum Gasteiger partial charge on any atom is 0.169 e. The highest BCUT2D eigenvalue weighted by Gasteiger charge is 2.16. The number of nitrogens with zero attached hydrogens (tertiary/aromatic N) is 4. The summed E-state index contributed by atoms with van der Waals surface area (Å²) in [6.07, 6.45) is 8.97. The molecule has 0 spiro atoms. The first-order valence-corrected chi connectivity index (χ1v) is 10.8. The van der Waals surface area contributed by atoms with E-state index in [1.165, 1.54) is 11.3 Å². The Morgan fingerprint density at radius 2 is 1.91 bits per heavy atom. The Morgan fingerprint density at radius 1 is 0.969 bits per heavy atom. The Hall–Kier alpha value is -4.17. The predicted octanol–water partition coefficient (Wildman–Crippen LogP) is 5.49. The van der Waals surface area contributed by atoms with Gasteiger partial charge in [-0.2, -0.15) is 5.10 Å². The van der Waals surface area contributed by atoms with E-state index in [0.29, 0.717) is 0 Å². The van der Waals surface area contributed by atoms with Crippen LogP contribution >= 0.6 is 11.3 Å². The number of Topliss-reactive ketones (excluding diaryl/α,β-unsaturated/α-hetero) is 1. The first-order valence-electron chi connectivity index (χ1n) is 10.00. The highest BCUT2D eigenvalue weighted by atomic mass is 32.1. The van der Waals surface area contributed by atoms with E-state index in [9.17, 15) is 4.79 Å². The van der Waals surface area contributed by atoms with Gasteiger partial charge in [0.25, 0.3) is 0 Å². The Morgan fingerprint density at radius 3 is 2.72 bits per heavy atom. The van der Waals surface area contributed by atoms with Crippen molar-refractivity contribution in [1.82, 2.24) is 30.1 Å². The molecular weight excluding hydrogens is 420 g/mol. The minimum atomic E-state index is 0.0668. The van der Waals surface area contributed by atoms with E-state index < -0.39 is 0 Å². The Labute approximate surface area is 186 Å². The molecular formula is C24H16N6OS. The number of H-pyrrole nitrogens is 2. The fourth-order valence-electron chi connectivity index (χ4n) is 3.84. The maximum absolute atomic E-state index is 11.7. The number of pyridine rings is 3. The van der Waals surface area contributed by atoms with Gasteiger partial charge in [-0.05, 0) is 43.3 Å². The minimum Gasteiger partial charge on any atom is -0.352 e. The van der Waals surface area contributed by atoms with E-state index in [2.05, 4.69) is 36.2 Å². The van der Waals surface area contributed by atoms with Crippen molar-refractivity contribution in [2.45, 2.75) is 6.92 Å². The Kier molecular flexibility index (Phi) is 4.19. The number of nitrogens with one attached hydrogen (secondary N) is 2. The molecule has 8 heteroatoms. The van der Waals surface area contributed by atoms with E-state index in [0.717, 1.165) is 59.8 Å². The van der Waals surface area contributed by atoms with Gasteiger partial charge in [0.15, 0.2) is 5.78 Å². The van der Waals surface area contributed by atoms with E-state index in [-0.39, 0.29) is 5.78 Å². The molecule has 0 aliphatic rings. The summed E-state index contributed by atoms with van der Waals surface area (Å²) in [7, 11) is 0. The van der Waals surface area contributed by atoms with Crippen LogP contribution in [0.3, 0.4) is 0 Å². The van der Waals surface area contributed by atoms with Crippen molar-refractivity contribution in [1.29, 1.82) is 0 Å². The van der Waals surface area contributed by atoms with Gasteiger partial charge in [0.1, 0.15) is 5.69 Å². The molecule has 0 aliphatic carbocycles. The van der Waals surface area contributed by atoms with E-state index in [4.69, 9.17) is 0 Å². The summed E-state index contributed by atoms with van der Waals surface area (Å²) in [5, 5.41) is 9.62. The summed E-state index contributed by atoms with van der Waals surface area (Å²) in [4.78, 5) is 30.1. The normalized spacial score (nSPS) is 11.4. The number of fused-ring (bicyclic) bond motifs is 2. The SMILES string of the molecule is CC(=O)c1ccc(-c2cncc3[nH]c(-c4n[nH]c5cnc(-c6cccnc6)cc45)cc23)s1. The van der Waals surface area contributed by atoms with Crippen molar-refractivity contribution in [2.24, 2.45) is 0 Å². The number of ketones is 1. The fourth-order valence-corrected chi connectivity index (χ4v) is 4.77. The first-order chi connectivity index (χ1) is 15.7. The van der Waals surface area contributed by atoms with Crippen LogP contribution in [0.2, 0.25) is 0 Å². The van der Waals surface area contributed by atoms with Crippen LogP contribution in [0.25, 0.3) is 54.9 Å². The van der Waals surface area contributed by atoms with Crippen LogP contribution in [0.15, 0.2) is 67.4 Å². The topological polar surface area (TPSA) is 100 Å². The third kappa shape index (κ3) is 3.00. The number of hydrogen-bond acceptors (Lipinski definition) is 6. The number of thiophene rings is 1. The molecule has 7 nitrogen and oxygen atoms in total. The second-order valence-corrected chi connectivity index (χ2v) is 8.56. The molecule has 32 heavy (non-hydrogen) atoms. The van der Waals surface area contributed by atoms with Gasteiger partial charge in [-0.3, -0.25) is 24.8 Å². The number of carbonyl (C=O) groups excluding carboxylic acids is 1. The molecule has 0 aromatic carbocycles. The molecule has 6 aromatic heterocycles. The zero-order chi connectivity index (χ0) is 21.7. The molecule has 0 amide bonds. The Bertz CT molecular complexity index is 1610. The molecule has 0 saturated carbocycles. The highest BCUT2D eigenvalue weighted by Crippen LogP contribution is 2.36. The monoisotopic (exact) mass is 436 g/mol. The van der Waals surface area contributed by atoms with Gasteiger partial charge in [-0.25, -0.2) is 0 Å². The molecule has 0 radical (unpaired) electrons. The lowest BCUT2D eigenvalue weighted by atomic mass is 10.1. The van der Waals surface area contributed by atoms with Crippen LogP contribution in [0.1, 0.15) is 16.6 Å². The van der Waals surface area contributed by atoms with Crippen molar-refractivity contribution >= 4 is 38.9 Å². The predicted molar refractivity (Wildman–Crippen MR) is 126 cm³/mol. The molecule has 0 aliphatic heterocycles. The lowest BCUT2D eigenvalue weighted by molar-refractivity contribution is 0.102. The second-order valence-electron chi connectivity index (χ2n) is 7.48. The molecule has 0 unspecified atom stereocenters. The molecule has 2 N–H and O–H groups in total. The van der Waals surface area contributed by atoms with Crippen molar-refractivity contribution < 1.29 is 4.79 Å². The summed E-state index contributed by atoms with van der Waals surface area (Å²) in [6, 6.07) is 11.8. The minimum absolute atomic E-state index is 0.0668. The van der Waals surface area contributed by atoms with Gasteiger partial charge in [0.2, 0.25) is 0 Å². The molecule has 0 saturated heterocycles. The van der Waals surface area contributed by atoms with Crippen LogP contribution in [-0.2, 0) is 0 Å². The average molecular weight is 437 g/mol. The maximum atomic E-state index is 11.7. The molecule has 0 bridgehead atoms. The fraction of sp³-hybridized carbons (Fsp3) is 0.0417. The van der Waals surface area contributed by atoms with Gasteiger partial charge in [-0.1, -0.05) is 0 Å². The van der Waals surface area contributed by atoms with Crippen LogP contribution in [-0.4, -0.2) is 35.9 Å². The number of rotatable bonds is 4. The van der Waals surface area contributed by atoms with Crippen LogP contribution in [0, 0.1) is 0 Å². The largest absolute Gasteiger partial charge is 0.352 e. The Balaban J connectivity index is 1.49. The summed E-state index contributed by atoms with van der Waals surface area (Å²) >= 11 is 1.48. The molecule has 6 aromatic rings. The van der Waals surface area contributed by atoms with Crippen molar-refractivity contribution in [2.75, 3.05) is 0 Å². The molecule has 6 heterocycles. The van der Waals surface area contributed by atoms with Crippen LogP contribution < -0.4 is 0 Å². The third-order valence-corrected chi connectivity index (χ3v) is 6.64. The van der Waals surface area contributed by atoms with Gasteiger partial charge in [0.05, 0.1) is 39.7 Å². The number of aromatic nitrogens is 6. The number of aromatic amines is 2. The van der Waals surface area contributed by atoms with Crippen molar-refractivity contribution in [3.05, 3.63) is 72.3 Å². The summed E-state index contributed by atoms with van der Waals surface area (Å²) in [5.41, 5.74) is 6.23. The van der Waals surface area contributed by atoms with Crippen LogP contribution in [0.4, 0.5) is 0 Å². The van der Waals surface area contributed by atoms with E-state index in [1.54, 1.807) is 31.7 Å². The van der Waals surface area contributed by atoms with E-state index >= 15 is 0 Å². The molecule has 154 valence electrons. The smallest absolute Gasteiger partial charge is 0.169 e. The lowest BCUT2D eigenvalue weighted by Crippen LogP contribution is -1.85. The quantitative estimate of drug-likeness (QED) is 0.356. The summed E-state index contributed by atoms with van der Waals surface area (Å²) in [6.45, 7) is 1.58. The summed E-state index contributed by atoms with van der Waals surface area (Å²) < 4.78 is 0. The van der Waals surface area contributed by atoms with Gasteiger partial charge >= 0.3 is 0 Å². The van der Waals surface area contributed by atoms with Crippen molar-refractivity contribution in [3.8, 4) is 33.1 Å². The zero-order valence-corrected chi connectivity index (χ0v) is 17.8. The van der Waals surface area contributed by atoms with Crippen LogP contribution in [0.5, 0.6) is 0 Å². The van der Waals surface area contributed by atoms with Crippen molar-refractivity contribution in [3.63, 3.8) is 0 Å². The number of hydrogen-bond donors (Lipinski definition) is 2. The number of carbonyl (C=O) groups is 1. The van der Waals surface area contributed by atoms with Gasteiger partial charge in [0, 0.05) is 45.4 Å². The third-order valence-electron chi connectivity index (χ3n) is 5.42. The average Bonchev–Trinajstić information content (AvgIpc) is 3.56. The molecule has 0 fully saturated rings. The second kappa shape index (κ2) is 7.21. The first kappa shape index (κ1) is 18.6.